The van der Waals surface area contributed by atoms with E-state index < -0.39 is 5.60 Å². The van der Waals surface area contributed by atoms with Crippen LogP contribution in [0.3, 0.4) is 0 Å². The van der Waals surface area contributed by atoms with Crippen LogP contribution in [0.25, 0.3) is 0 Å². The molecule has 0 spiro atoms. The molecule has 1 aromatic heterocycles. The molecule has 5 nitrogen and oxygen atoms in total. The van der Waals surface area contributed by atoms with Gasteiger partial charge in [0, 0.05) is 32.6 Å². The Bertz CT molecular complexity index is 471. The van der Waals surface area contributed by atoms with E-state index in [0.29, 0.717) is 13.0 Å². The summed E-state index contributed by atoms with van der Waals surface area (Å²) in [4.78, 5) is 20.0. The van der Waals surface area contributed by atoms with Crippen molar-refractivity contribution in [3.05, 3.63) is 16.1 Å². The van der Waals surface area contributed by atoms with Crippen molar-refractivity contribution in [1.29, 1.82) is 0 Å². The largest absolute Gasteiger partial charge is 0.389 e. The molecular formula is C14H23N3O2S. The smallest absolute Gasteiger partial charge is 0.228 e. The van der Waals surface area contributed by atoms with Gasteiger partial charge in [-0.15, -0.1) is 11.3 Å². The second-order valence-corrected chi connectivity index (χ2v) is 6.95. The zero-order valence-corrected chi connectivity index (χ0v) is 13.2. The quantitative estimate of drug-likeness (QED) is 0.905. The Labute approximate surface area is 124 Å². The Kier molecular flexibility index (Phi) is 4.78. The SMILES string of the molecule is CN(C)C(=O)Cc1nc(CN2CCCC(C)(O)C2)cs1. The summed E-state index contributed by atoms with van der Waals surface area (Å²) in [6.45, 7) is 4.33. The highest BCUT2D eigenvalue weighted by molar-refractivity contribution is 7.09. The van der Waals surface area contributed by atoms with E-state index in [9.17, 15) is 9.90 Å². The van der Waals surface area contributed by atoms with Crippen LogP contribution in [-0.2, 0) is 17.8 Å². The fourth-order valence-electron chi connectivity index (χ4n) is 2.48. The van der Waals surface area contributed by atoms with Gasteiger partial charge in [-0.3, -0.25) is 9.69 Å². The first-order valence-corrected chi connectivity index (χ1v) is 7.82. The number of β-amino-alcohol motifs (C(OH)–C–C–N with tert-alkyl or cyclic N) is 1. The third-order valence-electron chi connectivity index (χ3n) is 3.54. The zero-order valence-electron chi connectivity index (χ0n) is 12.4. The molecule has 0 bridgehead atoms. The van der Waals surface area contributed by atoms with Crippen molar-refractivity contribution in [1.82, 2.24) is 14.8 Å². The summed E-state index contributed by atoms with van der Waals surface area (Å²) in [6.07, 6.45) is 2.25. The highest BCUT2D eigenvalue weighted by atomic mass is 32.1. The second kappa shape index (κ2) is 6.20. The zero-order chi connectivity index (χ0) is 14.8. The van der Waals surface area contributed by atoms with Crippen molar-refractivity contribution >= 4 is 17.2 Å². The summed E-state index contributed by atoms with van der Waals surface area (Å²) in [5.41, 5.74) is 0.409. The van der Waals surface area contributed by atoms with Crippen LogP contribution >= 0.6 is 11.3 Å². The molecule has 0 radical (unpaired) electrons. The third-order valence-corrected chi connectivity index (χ3v) is 4.44. The van der Waals surface area contributed by atoms with E-state index in [2.05, 4.69) is 9.88 Å². The summed E-state index contributed by atoms with van der Waals surface area (Å²) in [5.74, 6) is 0.0757. The molecule has 2 rings (SSSR count). The number of hydrogen-bond acceptors (Lipinski definition) is 5. The van der Waals surface area contributed by atoms with Gasteiger partial charge in [0.25, 0.3) is 0 Å². The van der Waals surface area contributed by atoms with Crippen molar-refractivity contribution in [2.45, 2.75) is 38.3 Å². The van der Waals surface area contributed by atoms with E-state index in [1.807, 2.05) is 12.3 Å². The van der Waals surface area contributed by atoms with Crippen LogP contribution in [-0.4, -0.2) is 58.6 Å². The third kappa shape index (κ3) is 4.26. The minimum atomic E-state index is -0.585. The summed E-state index contributed by atoms with van der Waals surface area (Å²) in [7, 11) is 3.51. The number of likely N-dealkylation sites (N-methyl/N-ethyl adjacent to an activating group) is 1. The monoisotopic (exact) mass is 297 g/mol. The molecule has 112 valence electrons. The molecule has 1 amide bonds. The van der Waals surface area contributed by atoms with Crippen molar-refractivity contribution < 1.29 is 9.90 Å². The van der Waals surface area contributed by atoms with Crippen LogP contribution in [0.5, 0.6) is 0 Å². The lowest BCUT2D eigenvalue weighted by atomic mass is 9.95. The molecular weight excluding hydrogens is 274 g/mol. The minimum absolute atomic E-state index is 0.0757. The molecule has 2 heterocycles. The number of amides is 1. The predicted molar refractivity (Wildman–Crippen MR) is 79.6 cm³/mol. The molecule has 1 atom stereocenters. The van der Waals surface area contributed by atoms with Crippen molar-refractivity contribution in [3.63, 3.8) is 0 Å². The molecule has 1 fully saturated rings. The molecule has 0 aliphatic carbocycles. The molecule has 1 aromatic rings. The molecule has 0 aromatic carbocycles. The van der Waals surface area contributed by atoms with Gasteiger partial charge in [0.2, 0.25) is 5.91 Å². The number of thiazole rings is 1. The number of carbonyl (C=O) groups is 1. The average Bonchev–Trinajstić information content (AvgIpc) is 2.75. The van der Waals surface area contributed by atoms with E-state index in [4.69, 9.17) is 0 Å². The Morgan fingerprint density at radius 3 is 3.00 bits per heavy atom. The van der Waals surface area contributed by atoms with Crippen LogP contribution in [0.4, 0.5) is 0 Å². The van der Waals surface area contributed by atoms with Crippen molar-refractivity contribution in [2.75, 3.05) is 27.2 Å². The maximum absolute atomic E-state index is 11.6. The first-order valence-electron chi connectivity index (χ1n) is 6.94. The summed E-state index contributed by atoms with van der Waals surface area (Å²) in [5, 5.41) is 13.0. The van der Waals surface area contributed by atoms with E-state index >= 15 is 0 Å². The molecule has 1 aliphatic heterocycles. The molecule has 20 heavy (non-hydrogen) atoms. The van der Waals surface area contributed by atoms with Crippen molar-refractivity contribution in [2.24, 2.45) is 0 Å². The van der Waals surface area contributed by atoms with E-state index in [0.717, 1.165) is 36.6 Å². The van der Waals surface area contributed by atoms with Gasteiger partial charge in [-0.05, 0) is 26.3 Å². The number of nitrogens with zero attached hydrogens (tertiary/aromatic N) is 3. The number of hydrogen-bond donors (Lipinski definition) is 1. The summed E-state index contributed by atoms with van der Waals surface area (Å²) in [6, 6.07) is 0. The maximum Gasteiger partial charge on any atom is 0.228 e. The first-order chi connectivity index (χ1) is 9.35. The average molecular weight is 297 g/mol. The number of likely N-dealkylation sites (tertiary alicyclic amines) is 1. The highest BCUT2D eigenvalue weighted by Gasteiger charge is 2.28. The van der Waals surface area contributed by atoms with Crippen LogP contribution < -0.4 is 0 Å². The number of aromatic nitrogens is 1. The molecule has 6 heteroatoms. The molecule has 0 saturated carbocycles. The molecule has 1 aliphatic rings. The number of piperidine rings is 1. The van der Waals surface area contributed by atoms with Crippen LogP contribution in [0.1, 0.15) is 30.5 Å². The van der Waals surface area contributed by atoms with Gasteiger partial charge in [0.1, 0.15) is 5.01 Å². The van der Waals surface area contributed by atoms with E-state index in [1.165, 1.54) is 11.3 Å². The fraction of sp³-hybridized carbons (Fsp3) is 0.714. The topological polar surface area (TPSA) is 56.7 Å². The van der Waals surface area contributed by atoms with Gasteiger partial charge in [-0.1, -0.05) is 0 Å². The van der Waals surface area contributed by atoms with Crippen molar-refractivity contribution in [3.8, 4) is 0 Å². The Hall–Kier alpha value is -0.980. The van der Waals surface area contributed by atoms with Gasteiger partial charge < -0.3 is 10.0 Å². The van der Waals surface area contributed by atoms with Gasteiger partial charge in [0.05, 0.1) is 17.7 Å². The Morgan fingerprint density at radius 1 is 1.60 bits per heavy atom. The van der Waals surface area contributed by atoms with Crippen LogP contribution in [0.2, 0.25) is 0 Å². The Morgan fingerprint density at radius 2 is 2.35 bits per heavy atom. The lowest BCUT2D eigenvalue weighted by Crippen LogP contribution is -2.45. The Balaban J connectivity index is 1.91. The maximum atomic E-state index is 11.6. The summed E-state index contributed by atoms with van der Waals surface area (Å²) >= 11 is 1.54. The number of rotatable bonds is 4. The minimum Gasteiger partial charge on any atom is -0.389 e. The van der Waals surface area contributed by atoms with Crippen LogP contribution in [0.15, 0.2) is 5.38 Å². The van der Waals surface area contributed by atoms with Crippen LogP contribution in [0, 0.1) is 0 Å². The normalized spacial score (nSPS) is 23.8. The summed E-state index contributed by atoms with van der Waals surface area (Å²) < 4.78 is 0. The first kappa shape index (κ1) is 15.4. The molecule has 1 N–H and O–H groups in total. The van der Waals surface area contributed by atoms with Gasteiger partial charge >= 0.3 is 0 Å². The highest BCUT2D eigenvalue weighted by Crippen LogP contribution is 2.22. The standard InChI is InChI=1S/C14H23N3O2S/c1-14(19)5-4-6-17(10-14)8-11-9-20-12(15-11)7-13(18)16(2)3/h9,19H,4-8,10H2,1-3H3. The van der Waals surface area contributed by atoms with E-state index in [-0.39, 0.29) is 5.91 Å². The lowest BCUT2D eigenvalue weighted by Gasteiger charge is -2.36. The molecule has 1 unspecified atom stereocenters. The molecule has 1 saturated heterocycles. The number of carbonyl (C=O) groups excluding carboxylic acids is 1. The fourth-order valence-corrected chi connectivity index (χ4v) is 3.25. The van der Waals surface area contributed by atoms with Gasteiger partial charge in [-0.2, -0.15) is 0 Å². The van der Waals surface area contributed by atoms with Gasteiger partial charge in [0.15, 0.2) is 0 Å². The van der Waals surface area contributed by atoms with Gasteiger partial charge in [-0.25, -0.2) is 4.98 Å². The number of aliphatic hydroxyl groups is 1. The van der Waals surface area contributed by atoms with E-state index in [1.54, 1.807) is 19.0 Å². The second-order valence-electron chi connectivity index (χ2n) is 6.01. The predicted octanol–water partition coefficient (Wildman–Crippen LogP) is 1.12. The lowest BCUT2D eigenvalue weighted by molar-refractivity contribution is -0.127.